The number of hydrogen-bond donors (Lipinski definition) is 1. The van der Waals surface area contributed by atoms with E-state index in [-0.39, 0.29) is 6.04 Å². The molecule has 2 rings (SSSR count). The van der Waals surface area contributed by atoms with Gasteiger partial charge in [-0.1, -0.05) is 41.4 Å². The van der Waals surface area contributed by atoms with Crippen LogP contribution >= 0.6 is 23.2 Å². The van der Waals surface area contributed by atoms with Crippen LogP contribution in [0.4, 0.5) is 0 Å². The van der Waals surface area contributed by atoms with Crippen LogP contribution in [0, 0.1) is 0 Å². The predicted molar refractivity (Wildman–Crippen MR) is 72.8 cm³/mol. The lowest BCUT2D eigenvalue weighted by Crippen LogP contribution is -2.08. The first-order valence-corrected chi connectivity index (χ1v) is 6.46. The number of hydrogen-bond acceptors (Lipinski definition) is 3. The zero-order valence-corrected chi connectivity index (χ0v) is 11.5. The van der Waals surface area contributed by atoms with Crippen LogP contribution in [0.25, 0.3) is 0 Å². The third-order valence-electron chi connectivity index (χ3n) is 2.76. The number of halogens is 2. The van der Waals surface area contributed by atoms with Crippen molar-refractivity contribution >= 4 is 23.2 Å². The van der Waals surface area contributed by atoms with Crippen molar-refractivity contribution in [2.24, 2.45) is 5.73 Å². The molecule has 0 aliphatic heterocycles. The van der Waals surface area contributed by atoms with Gasteiger partial charge in [-0.25, -0.2) is 4.68 Å². The number of aromatic nitrogens is 3. The third kappa shape index (κ3) is 2.83. The lowest BCUT2D eigenvalue weighted by Gasteiger charge is -2.06. The van der Waals surface area contributed by atoms with E-state index in [0.29, 0.717) is 16.6 Å². The Hall–Kier alpha value is -1.10. The van der Waals surface area contributed by atoms with E-state index in [1.807, 2.05) is 19.2 Å². The van der Waals surface area contributed by atoms with E-state index < -0.39 is 0 Å². The van der Waals surface area contributed by atoms with E-state index >= 15 is 0 Å². The van der Waals surface area contributed by atoms with Gasteiger partial charge in [-0.15, -0.1) is 5.10 Å². The zero-order valence-electron chi connectivity index (χ0n) is 9.98. The Kier molecular flexibility index (Phi) is 4.22. The highest BCUT2D eigenvalue weighted by Crippen LogP contribution is 2.25. The van der Waals surface area contributed by atoms with Crippen LogP contribution in [-0.2, 0) is 6.54 Å². The van der Waals surface area contributed by atoms with Gasteiger partial charge < -0.3 is 5.73 Å². The lowest BCUT2D eigenvalue weighted by molar-refractivity contribution is 0.644. The fourth-order valence-corrected chi connectivity index (χ4v) is 2.13. The molecule has 0 saturated heterocycles. The lowest BCUT2D eigenvalue weighted by atomic mass is 10.2. The second-order valence-corrected chi connectivity index (χ2v) is 4.87. The van der Waals surface area contributed by atoms with Crippen molar-refractivity contribution in [1.82, 2.24) is 15.0 Å². The summed E-state index contributed by atoms with van der Waals surface area (Å²) in [6.45, 7) is 2.50. The summed E-state index contributed by atoms with van der Waals surface area (Å²) in [4.78, 5) is 0. The summed E-state index contributed by atoms with van der Waals surface area (Å²) in [6.07, 6.45) is 2.65. The van der Waals surface area contributed by atoms with Crippen molar-refractivity contribution in [1.29, 1.82) is 0 Å². The molecule has 1 heterocycles. The molecule has 0 aliphatic carbocycles. The standard InChI is InChI=1S/C12H14Cl2N4/c1-2-11(15)12-7-18(17-16-12)6-8-9(13)4-3-5-10(8)14/h3-5,7,11H,2,6,15H2,1H3. The molecule has 96 valence electrons. The van der Waals surface area contributed by atoms with Crippen molar-refractivity contribution in [3.63, 3.8) is 0 Å². The second kappa shape index (κ2) is 5.69. The highest BCUT2D eigenvalue weighted by Gasteiger charge is 2.11. The number of benzene rings is 1. The molecule has 0 radical (unpaired) electrons. The zero-order chi connectivity index (χ0) is 13.1. The van der Waals surface area contributed by atoms with Gasteiger partial charge in [-0.3, -0.25) is 0 Å². The largest absolute Gasteiger partial charge is 0.323 e. The molecule has 1 atom stereocenters. The van der Waals surface area contributed by atoms with Crippen molar-refractivity contribution in [3.05, 3.63) is 45.7 Å². The van der Waals surface area contributed by atoms with E-state index in [1.54, 1.807) is 16.8 Å². The molecule has 0 fully saturated rings. The molecule has 0 spiro atoms. The predicted octanol–water partition coefficient (Wildman–Crippen LogP) is 3.04. The molecular formula is C12H14Cl2N4. The van der Waals surface area contributed by atoms with E-state index in [1.165, 1.54) is 0 Å². The molecule has 0 saturated carbocycles. The summed E-state index contributed by atoms with van der Waals surface area (Å²) in [5, 5.41) is 9.33. The van der Waals surface area contributed by atoms with Gasteiger partial charge in [0.05, 0.1) is 24.5 Å². The number of rotatable bonds is 4. The highest BCUT2D eigenvalue weighted by molar-refractivity contribution is 6.35. The van der Waals surface area contributed by atoms with Crippen molar-refractivity contribution in [2.45, 2.75) is 25.9 Å². The van der Waals surface area contributed by atoms with Crippen molar-refractivity contribution < 1.29 is 0 Å². The van der Waals surface area contributed by atoms with Crippen LogP contribution < -0.4 is 5.73 Å². The minimum Gasteiger partial charge on any atom is -0.323 e. The van der Waals surface area contributed by atoms with Gasteiger partial charge in [0.1, 0.15) is 0 Å². The summed E-state index contributed by atoms with van der Waals surface area (Å²) < 4.78 is 1.69. The van der Waals surface area contributed by atoms with Gasteiger partial charge in [0.25, 0.3) is 0 Å². The molecule has 2 N–H and O–H groups in total. The molecule has 0 aliphatic rings. The molecule has 2 aromatic rings. The first-order valence-electron chi connectivity index (χ1n) is 5.70. The minimum atomic E-state index is -0.0829. The van der Waals surface area contributed by atoms with E-state index in [4.69, 9.17) is 28.9 Å². The van der Waals surface area contributed by atoms with Crippen LogP contribution in [0.2, 0.25) is 10.0 Å². The Bertz CT molecular complexity index is 518. The van der Waals surface area contributed by atoms with E-state index in [9.17, 15) is 0 Å². The Balaban J connectivity index is 2.21. The normalized spacial score (nSPS) is 12.7. The molecule has 4 nitrogen and oxygen atoms in total. The van der Waals surface area contributed by atoms with Crippen LogP contribution in [0.3, 0.4) is 0 Å². The maximum atomic E-state index is 6.11. The summed E-state index contributed by atoms with van der Waals surface area (Å²) >= 11 is 12.2. The van der Waals surface area contributed by atoms with Gasteiger partial charge in [-0.2, -0.15) is 0 Å². The SMILES string of the molecule is CCC(N)c1cn(Cc2c(Cl)cccc2Cl)nn1. The maximum Gasteiger partial charge on any atom is 0.0994 e. The second-order valence-electron chi connectivity index (χ2n) is 4.06. The fraction of sp³-hybridized carbons (Fsp3) is 0.333. The van der Waals surface area contributed by atoms with Crippen LogP contribution in [0.15, 0.2) is 24.4 Å². The van der Waals surface area contributed by atoms with E-state index in [2.05, 4.69) is 10.3 Å². The first-order chi connectivity index (χ1) is 8.61. The number of nitrogens with zero attached hydrogens (tertiary/aromatic N) is 3. The molecule has 1 aromatic carbocycles. The highest BCUT2D eigenvalue weighted by atomic mass is 35.5. The van der Waals surface area contributed by atoms with Gasteiger partial charge in [0.15, 0.2) is 0 Å². The van der Waals surface area contributed by atoms with Crippen molar-refractivity contribution in [3.8, 4) is 0 Å². The Morgan fingerprint density at radius 2 is 2.00 bits per heavy atom. The summed E-state index contributed by atoms with van der Waals surface area (Å²) in [6, 6.07) is 5.34. The van der Waals surface area contributed by atoms with Crippen LogP contribution in [0.1, 0.15) is 30.6 Å². The fourth-order valence-electron chi connectivity index (χ4n) is 1.62. The molecule has 18 heavy (non-hydrogen) atoms. The average Bonchev–Trinajstić information content (AvgIpc) is 2.81. The Morgan fingerprint density at radius 1 is 1.33 bits per heavy atom. The smallest absolute Gasteiger partial charge is 0.0994 e. The monoisotopic (exact) mass is 284 g/mol. The average molecular weight is 285 g/mol. The van der Waals surface area contributed by atoms with Gasteiger partial charge in [-0.05, 0) is 18.6 Å². The summed E-state index contributed by atoms with van der Waals surface area (Å²) in [7, 11) is 0. The van der Waals surface area contributed by atoms with E-state index in [0.717, 1.165) is 17.7 Å². The summed E-state index contributed by atoms with van der Waals surface area (Å²) in [5.74, 6) is 0. The Labute approximate surface area is 116 Å². The quantitative estimate of drug-likeness (QED) is 0.939. The topological polar surface area (TPSA) is 56.7 Å². The Morgan fingerprint density at radius 3 is 2.61 bits per heavy atom. The first kappa shape index (κ1) is 13.3. The van der Waals surface area contributed by atoms with Gasteiger partial charge in [0, 0.05) is 15.6 Å². The molecule has 1 unspecified atom stereocenters. The van der Waals surface area contributed by atoms with Crippen molar-refractivity contribution in [2.75, 3.05) is 0 Å². The van der Waals surface area contributed by atoms with Crippen LogP contribution in [0.5, 0.6) is 0 Å². The number of nitrogens with two attached hydrogens (primary N) is 1. The summed E-state index contributed by atoms with van der Waals surface area (Å²) in [5.41, 5.74) is 7.51. The molecule has 0 bridgehead atoms. The minimum absolute atomic E-state index is 0.0829. The van der Waals surface area contributed by atoms with Gasteiger partial charge >= 0.3 is 0 Å². The third-order valence-corrected chi connectivity index (χ3v) is 3.47. The molecule has 6 heteroatoms. The molecular weight excluding hydrogens is 271 g/mol. The maximum absolute atomic E-state index is 6.11. The van der Waals surface area contributed by atoms with Crippen LogP contribution in [-0.4, -0.2) is 15.0 Å². The van der Waals surface area contributed by atoms with Gasteiger partial charge in [0.2, 0.25) is 0 Å². The molecule has 0 amide bonds. The molecule has 1 aromatic heterocycles.